The van der Waals surface area contributed by atoms with Crippen LogP contribution in [0.1, 0.15) is 24.0 Å². The summed E-state index contributed by atoms with van der Waals surface area (Å²) in [5, 5.41) is 0. The summed E-state index contributed by atoms with van der Waals surface area (Å²) in [6, 6.07) is 14.0. The standard InChI is InChI=1S/C22H27FN2O/c1-26-21-7-4-18-9-15-25(22(18)16-21)20-10-13-24(14-11-20)12-8-17-2-5-19(23)6-3-17/h2-7,16,20H,8-15H2,1H3. The van der Waals surface area contributed by atoms with Crippen LogP contribution in [0, 0.1) is 5.82 Å². The highest BCUT2D eigenvalue weighted by molar-refractivity contribution is 5.61. The van der Waals surface area contributed by atoms with Crippen LogP contribution in [0.2, 0.25) is 0 Å². The van der Waals surface area contributed by atoms with Crippen molar-refractivity contribution in [1.29, 1.82) is 0 Å². The van der Waals surface area contributed by atoms with Gasteiger partial charge in [-0.05, 0) is 55.0 Å². The average molecular weight is 354 g/mol. The molecule has 1 saturated heterocycles. The number of ether oxygens (including phenoxy) is 1. The van der Waals surface area contributed by atoms with Crippen molar-refractivity contribution >= 4 is 5.69 Å². The molecular formula is C22H27FN2O. The Balaban J connectivity index is 1.31. The highest BCUT2D eigenvalue weighted by Crippen LogP contribution is 2.35. The largest absolute Gasteiger partial charge is 0.497 e. The molecule has 3 nitrogen and oxygen atoms in total. The van der Waals surface area contributed by atoms with E-state index in [0.29, 0.717) is 6.04 Å². The van der Waals surface area contributed by atoms with E-state index >= 15 is 0 Å². The SMILES string of the molecule is COc1ccc2c(c1)N(C1CCN(CCc3ccc(F)cc3)CC1)CC2. The van der Waals surface area contributed by atoms with Crippen molar-refractivity contribution in [2.24, 2.45) is 0 Å². The molecule has 0 amide bonds. The molecule has 138 valence electrons. The minimum atomic E-state index is -0.155. The molecule has 0 spiro atoms. The number of methoxy groups -OCH3 is 1. The van der Waals surface area contributed by atoms with Gasteiger partial charge in [-0.3, -0.25) is 0 Å². The van der Waals surface area contributed by atoms with Crippen LogP contribution < -0.4 is 9.64 Å². The van der Waals surface area contributed by atoms with E-state index < -0.39 is 0 Å². The molecule has 0 aromatic heterocycles. The Morgan fingerprint density at radius 2 is 1.81 bits per heavy atom. The van der Waals surface area contributed by atoms with E-state index in [4.69, 9.17) is 4.74 Å². The van der Waals surface area contributed by atoms with Gasteiger partial charge in [-0.1, -0.05) is 18.2 Å². The van der Waals surface area contributed by atoms with Crippen LogP contribution >= 0.6 is 0 Å². The molecule has 2 aliphatic rings. The number of rotatable bonds is 5. The van der Waals surface area contributed by atoms with Crippen LogP contribution in [-0.2, 0) is 12.8 Å². The summed E-state index contributed by atoms with van der Waals surface area (Å²) in [7, 11) is 1.74. The highest BCUT2D eigenvalue weighted by Gasteiger charge is 2.29. The van der Waals surface area contributed by atoms with E-state index in [1.54, 1.807) is 19.2 Å². The number of anilines is 1. The highest BCUT2D eigenvalue weighted by atomic mass is 19.1. The minimum Gasteiger partial charge on any atom is -0.497 e. The third-order valence-electron chi connectivity index (χ3n) is 5.85. The number of likely N-dealkylation sites (tertiary alicyclic amines) is 1. The zero-order chi connectivity index (χ0) is 17.9. The predicted molar refractivity (Wildman–Crippen MR) is 104 cm³/mol. The second kappa shape index (κ2) is 7.67. The number of nitrogens with zero attached hydrogens (tertiary/aromatic N) is 2. The van der Waals surface area contributed by atoms with Crippen molar-refractivity contribution in [3.8, 4) is 5.75 Å². The first kappa shape index (κ1) is 17.3. The molecule has 26 heavy (non-hydrogen) atoms. The van der Waals surface area contributed by atoms with Gasteiger partial charge in [0, 0.05) is 44.0 Å². The lowest BCUT2D eigenvalue weighted by molar-refractivity contribution is 0.212. The van der Waals surface area contributed by atoms with Gasteiger partial charge in [0.1, 0.15) is 11.6 Å². The van der Waals surface area contributed by atoms with Gasteiger partial charge in [-0.15, -0.1) is 0 Å². The van der Waals surface area contributed by atoms with Gasteiger partial charge in [-0.2, -0.15) is 0 Å². The van der Waals surface area contributed by atoms with Crippen molar-refractivity contribution in [3.63, 3.8) is 0 Å². The number of fused-ring (bicyclic) bond motifs is 1. The number of piperidine rings is 1. The fraction of sp³-hybridized carbons (Fsp3) is 0.455. The molecule has 2 aliphatic heterocycles. The molecule has 0 unspecified atom stereocenters. The summed E-state index contributed by atoms with van der Waals surface area (Å²) in [4.78, 5) is 5.14. The minimum absolute atomic E-state index is 0.155. The van der Waals surface area contributed by atoms with Gasteiger partial charge in [0.15, 0.2) is 0 Å². The molecule has 2 aromatic carbocycles. The monoisotopic (exact) mass is 354 g/mol. The summed E-state index contributed by atoms with van der Waals surface area (Å²) < 4.78 is 18.4. The van der Waals surface area contributed by atoms with Gasteiger partial charge in [0.05, 0.1) is 7.11 Å². The smallest absolute Gasteiger partial charge is 0.123 e. The maximum atomic E-state index is 13.0. The third-order valence-corrected chi connectivity index (χ3v) is 5.85. The van der Waals surface area contributed by atoms with E-state index in [1.807, 2.05) is 12.1 Å². The number of hydrogen-bond acceptors (Lipinski definition) is 3. The molecular weight excluding hydrogens is 327 g/mol. The molecule has 1 fully saturated rings. The van der Waals surface area contributed by atoms with E-state index in [-0.39, 0.29) is 5.82 Å². The maximum Gasteiger partial charge on any atom is 0.123 e. The van der Waals surface area contributed by atoms with E-state index in [1.165, 1.54) is 29.7 Å². The van der Waals surface area contributed by atoms with Crippen LogP contribution in [0.5, 0.6) is 5.75 Å². The fourth-order valence-corrected chi connectivity index (χ4v) is 4.28. The van der Waals surface area contributed by atoms with Crippen LogP contribution in [0.25, 0.3) is 0 Å². The van der Waals surface area contributed by atoms with Gasteiger partial charge >= 0.3 is 0 Å². The van der Waals surface area contributed by atoms with E-state index in [2.05, 4.69) is 28.0 Å². The van der Waals surface area contributed by atoms with Crippen molar-refractivity contribution in [3.05, 3.63) is 59.4 Å². The lowest BCUT2D eigenvalue weighted by Crippen LogP contribution is -2.45. The van der Waals surface area contributed by atoms with Crippen LogP contribution in [0.15, 0.2) is 42.5 Å². The normalized spacial score (nSPS) is 18.2. The van der Waals surface area contributed by atoms with Crippen LogP contribution in [0.3, 0.4) is 0 Å². The summed E-state index contributed by atoms with van der Waals surface area (Å²) in [6.45, 7) is 4.47. The molecule has 0 N–H and O–H groups in total. The molecule has 4 rings (SSSR count). The number of hydrogen-bond donors (Lipinski definition) is 0. The number of halogens is 1. The zero-order valence-corrected chi connectivity index (χ0v) is 15.5. The van der Waals surface area contributed by atoms with Crippen LogP contribution in [-0.4, -0.2) is 44.2 Å². The number of benzene rings is 2. The summed E-state index contributed by atoms with van der Waals surface area (Å²) in [5.41, 5.74) is 4.03. The molecule has 0 bridgehead atoms. The molecule has 0 aliphatic carbocycles. The van der Waals surface area contributed by atoms with Crippen molar-refractivity contribution in [2.45, 2.75) is 31.7 Å². The summed E-state index contributed by atoms with van der Waals surface area (Å²) in [5.74, 6) is 0.796. The van der Waals surface area contributed by atoms with Gasteiger partial charge < -0.3 is 14.5 Å². The summed E-state index contributed by atoms with van der Waals surface area (Å²) >= 11 is 0. The Labute approximate surface area is 155 Å². The van der Waals surface area contributed by atoms with Gasteiger partial charge in [-0.25, -0.2) is 4.39 Å². The van der Waals surface area contributed by atoms with E-state index in [9.17, 15) is 4.39 Å². The lowest BCUT2D eigenvalue weighted by atomic mass is 10.0. The van der Waals surface area contributed by atoms with Crippen molar-refractivity contribution in [2.75, 3.05) is 38.2 Å². The Morgan fingerprint density at radius 3 is 2.54 bits per heavy atom. The second-order valence-corrected chi connectivity index (χ2v) is 7.39. The lowest BCUT2D eigenvalue weighted by Gasteiger charge is -2.38. The van der Waals surface area contributed by atoms with E-state index in [0.717, 1.165) is 44.8 Å². The molecule has 4 heteroatoms. The van der Waals surface area contributed by atoms with Gasteiger partial charge in [0.2, 0.25) is 0 Å². The first-order valence-electron chi connectivity index (χ1n) is 9.63. The first-order valence-corrected chi connectivity index (χ1v) is 9.63. The maximum absolute atomic E-state index is 13.0. The van der Waals surface area contributed by atoms with Crippen molar-refractivity contribution < 1.29 is 9.13 Å². The molecule has 0 saturated carbocycles. The van der Waals surface area contributed by atoms with Crippen LogP contribution in [0.4, 0.5) is 10.1 Å². The molecule has 0 atom stereocenters. The first-order chi connectivity index (χ1) is 12.7. The topological polar surface area (TPSA) is 15.7 Å². The predicted octanol–water partition coefficient (Wildman–Crippen LogP) is 3.90. The second-order valence-electron chi connectivity index (χ2n) is 7.39. The Kier molecular flexibility index (Phi) is 5.11. The molecule has 0 radical (unpaired) electrons. The third kappa shape index (κ3) is 3.70. The summed E-state index contributed by atoms with van der Waals surface area (Å²) in [6.07, 6.45) is 4.55. The molecule has 2 aromatic rings. The fourth-order valence-electron chi connectivity index (χ4n) is 4.28. The Morgan fingerprint density at radius 1 is 1.04 bits per heavy atom. The Hall–Kier alpha value is -2.07. The Bertz CT molecular complexity index is 738. The average Bonchev–Trinajstić information content (AvgIpc) is 3.11. The molecule has 2 heterocycles. The van der Waals surface area contributed by atoms with Gasteiger partial charge in [0.25, 0.3) is 0 Å². The zero-order valence-electron chi connectivity index (χ0n) is 15.5. The quantitative estimate of drug-likeness (QED) is 0.810. The van der Waals surface area contributed by atoms with Crippen molar-refractivity contribution in [1.82, 2.24) is 4.90 Å².